The van der Waals surface area contributed by atoms with Gasteiger partial charge in [0.05, 0.1) is 0 Å². The van der Waals surface area contributed by atoms with Crippen LogP contribution in [0.3, 0.4) is 0 Å². The summed E-state index contributed by atoms with van der Waals surface area (Å²) in [7, 11) is -3.81. The number of halogens is 1. The lowest BCUT2D eigenvalue weighted by Gasteiger charge is -2.52. The van der Waals surface area contributed by atoms with Crippen LogP contribution in [0, 0.1) is 17.2 Å². The van der Waals surface area contributed by atoms with Gasteiger partial charge in [-0.05, 0) is 62.5 Å². The summed E-state index contributed by atoms with van der Waals surface area (Å²) in [4.78, 5) is 17.5. The third-order valence-corrected chi connectivity index (χ3v) is 10.3. The Balaban J connectivity index is 1.13. The number of benzene rings is 1. The molecule has 1 amide bonds. The molecule has 32 heavy (non-hydrogen) atoms. The van der Waals surface area contributed by atoms with Gasteiger partial charge in [-0.2, -0.15) is 4.31 Å². The van der Waals surface area contributed by atoms with E-state index in [9.17, 15) is 17.6 Å². The first-order chi connectivity index (χ1) is 15.4. The Morgan fingerprint density at radius 1 is 0.938 bits per heavy atom. The topological polar surface area (TPSA) is 60.9 Å². The third kappa shape index (κ3) is 4.10. The Hall–Kier alpha value is -1.51. The van der Waals surface area contributed by atoms with Crippen LogP contribution >= 0.6 is 0 Å². The van der Waals surface area contributed by atoms with Crippen molar-refractivity contribution in [3.05, 3.63) is 30.1 Å². The molecule has 0 bridgehead atoms. The lowest BCUT2D eigenvalue weighted by molar-refractivity contribution is -0.145. The maximum Gasteiger partial charge on any atom is 0.245 e. The van der Waals surface area contributed by atoms with Gasteiger partial charge in [-0.25, -0.2) is 12.8 Å². The van der Waals surface area contributed by atoms with Gasteiger partial charge in [-0.15, -0.1) is 0 Å². The van der Waals surface area contributed by atoms with Gasteiger partial charge in [0.2, 0.25) is 15.9 Å². The van der Waals surface area contributed by atoms with E-state index in [-0.39, 0.29) is 16.2 Å². The van der Waals surface area contributed by atoms with E-state index in [2.05, 4.69) is 9.80 Å². The Kier molecular flexibility index (Phi) is 6.05. The number of amides is 1. The summed E-state index contributed by atoms with van der Waals surface area (Å²) in [6.45, 7) is 4.61. The monoisotopic (exact) mass is 463 g/mol. The van der Waals surface area contributed by atoms with E-state index in [1.54, 1.807) is 6.07 Å². The van der Waals surface area contributed by atoms with E-state index in [0.29, 0.717) is 19.0 Å². The van der Waals surface area contributed by atoms with Crippen LogP contribution in [0.2, 0.25) is 0 Å². The van der Waals surface area contributed by atoms with Crippen molar-refractivity contribution in [1.29, 1.82) is 0 Å². The molecule has 0 atom stereocenters. The largest absolute Gasteiger partial charge is 0.341 e. The summed E-state index contributed by atoms with van der Waals surface area (Å²) in [6.07, 6.45) is 8.24. The van der Waals surface area contributed by atoms with Crippen LogP contribution in [0.1, 0.15) is 51.4 Å². The fraction of sp³-hybridized carbons (Fsp3) is 0.708. The predicted molar refractivity (Wildman–Crippen MR) is 120 cm³/mol. The van der Waals surface area contributed by atoms with Crippen molar-refractivity contribution in [1.82, 2.24) is 14.1 Å². The number of piperidine rings is 1. The van der Waals surface area contributed by atoms with Crippen LogP contribution in [0.4, 0.5) is 4.39 Å². The Morgan fingerprint density at radius 2 is 1.66 bits per heavy atom. The molecule has 2 aliphatic carbocycles. The van der Waals surface area contributed by atoms with E-state index < -0.39 is 15.8 Å². The molecule has 2 heterocycles. The van der Waals surface area contributed by atoms with Gasteiger partial charge in [0.25, 0.3) is 0 Å². The highest BCUT2D eigenvalue weighted by Crippen LogP contribution is 2.53. The molecule has 4 aliphatic rings. The lowest BCUT2D eigenvalue weighted by Crippen LogP contribution is -2.53. The van der Waals surface area contributed by atoms with Gasteiger partial charge in [0.1, 0.15) is 10.7 Å². The second-order valence-corrected chi connectivity index (χ2v) is 12.1. The number of sulfonamides is 1. The highest BCUT2D eigenvalue weighted by atomic mass is 32.2. The standard InChI is InChI=1S/C24H34FN3O3S/c25-21-7-1-2-8-22(21)32(30,31)28-13-9-24(10-14-28)17-19(18-24)23(29)27-12-4-11-26(15-16-27)20-5-3-6-20/h1-2,7-8,19-20H,3-6,9-18H2. The molecule has 1 aromatic rings. The molecule has 1 spiro atoms. The van der Waals surface area contributed by atoms with Gasteiger partial charge in [-0.1, -0.05) is 18.6 Å². The van der Waals surface area contributed by atoms with E-state index >= 15 is 0 Å². The van der Waals surface area contributed by atoms with Crippen LogP contribution in [0.25, 0.3) is 0 Å². The average molecular weight is 464 g/mol. The smallest absolute Gasteiger partial charge is 0.245 e. The lowest BCUT2D eigenvalue weighted by atomic mass is 9.57. The zero-order chi connectivity index (χ0) is 22.3. The molecular weight excluding hydrogens is 429 g/mol. The number of carbonyl (C=O) groups excluding carboxylic acids is 1. The first-order valence-corrected chi connectivity index (χ1v) is 13.6. The molecule has 0 N–H and O–H groups in total. The fourth-order valence-corrected chi connectivity index (χ4v) is 7.60. The number of hydrogen-bond acceptors (Lipinski definition) is 4. The van der Waals surface area contributed by atoms with E-state index in [4.69, 9.17) is 0 Å². The second kappa shape index (κ2) is 8.69. The van der Waals surface area contributed by atoms with Crippen molar-refractivity contribution in [2.75, 3.05) is 39.3 Å². The Bertz CT molecular complexity index is 949. The molecule has 8 heteroatoms. The quantitative estimate of drug-likeness (QED) is 0.689. The molecule has 2 aliphatic heterocycles. The van der Waals surface area contributed by atoms with E-state index in [1.165, 1.54) is 41.8 Å². The summed E-state index contributed by atoms with van der Waals surface area (Å²) >= 11 is 0. The molecule has 0 radical (unpaired) electrons. The van der Waals surface area contributed by atoms with Crippen molar-refractivity contribution >= 4 is 15.9 Å². The summed E-state index contributed by atoms with van der Waals surface area (Å²) < 4.78 is 41.2. The predicted octanol–water partition coefficient (Wildman–Crippen LogP) is 3.09. The SMILES string of the molecule is O=C(C1CC2(CCN(S(=O)(=O)c3ccccc3F)CC2)C1)N1CCCN(C2CCC2)CC1. The molecule has 2 saturated heterocycles. The van der Waals surface area contributed by atoms with Crippen molar-refractivity contribution < 1.29 is 17.6 Å². The normalized spacial score (nSPS) is 25.8. The summed E-state index contributed by atoms with van der Waals surface area (Å²) in [5.74, 6) is -0.317. The van der Waals surface area contributed by atoms with Crippen molar-refractivity contribution in [2.24, 2.45) is 11.3 Å². The minimum atomic E-state index is -3.81. The molecule has 4 fully saturated rings. The average Bonchev–Trinajstić information content (AvgIpc) is 2.97. The zero-order valence-corrected chi connectivity index (χ0v) is 19.5. The zero-order valence-electron chi connectivity index (χ0n) is 18.7. The number of hydrogen-bond donors (Lipinski definition) is 0. The van der Waals surface area contributed by atoms with Gasteiger partial charge < -0.3 is 4.90 Å². The molecule has 2 saturated carbocycles. The summed E-state index contributed by atoms with van der Waals surface area (Å²) in [5.41, 5.74) is 0.0748. The van der Waals surface area contributed by atoms with Gasteiger partial charge >= 0.3 is 0 Å². The van der Waals surface area contributed by atoms with Gasteiger partial charge in [0, 0.05) is 51.2 Å². The van der Waals surface area contributed by atoms with E-state index in [0.717, 1.165) is 64.3 Å². The highest BCUT2D eigenvalue weighted by molar-refractivity contribution is 7.89. The first-order valence-electron chi connectivity index (χ1n) is 12.2. The van der Waals surface area contributed by atoms with Gasteiger partial charge in [0.15, 0.2) is 0 Å². The third-order valence-electron chi connectivity index (χ3n) is 8.38. The van der Waals surface area contributed by atoms with Crippen LogP contribution in [-0.2, 0) is 14.8 Å². The fourth-order valence-electron chi connectivity index (χ4n) is 6.10. The van der Waals surface area contributed by atoms with Crippen molar-refractivity contribution in [3.63, 3.8) is 0 Å². The van der Waals surface area contributed by atoms with Crippen molar-refractivity contribution in [3.8, 4) is 0 Å². The molecule has 1 aromatic carbocycles. The summed E-state index contributed by atoms with van der Waals surface area (Å²) in [6, 6.07) is 6.32. The Morgan fingerprint density at radius 3 is 2.31 bits per heavy atom. The number of rotatable bonds is 4. The van der Waals surface area contributed by atoms with Crippen LogP contribution in [0.5, 0.6) is 0 Å². The highest BCUT2D eigenvalue weighted by Gasteiger charge is 2.50. The first kappa shape index (κ1) is 22.3. The molecule has 176 valence electrons. The minimum absolute atomic E-state index is 0.0748. The molecule has 5 rings (SSSR count). The van der Waals surface area contributed by atoms with Gasteiger partial charge in [-0.3, -0.25) is 9.69 Å². The maximum atomic E-state index is 14.1. The second-order valence-electron chi connectivity index (χ2n) is 10.2. The minimum Gasteiger partial charge on any atom is -0.341 e. The summed E-state index contributed by atoms with van der Waals surface area (Å²) in [5, 5.41) is 0. The molecule has 6 nitrogen and oxygen atoms in total. The maximum absolute atomic E-state index is 14.1. The number of carbonyl (C=O) groups is 1. The van der Waals surface area contributed by atoms with Crippen LogP contribution in [-0.4, -0.2) is 73.7 Å². The van der Waals surface area contributed by atoms with Crippen LogP contribution < -0.4 is 0 Å². The van der Waals surface area contributed by atoms with E-state index in [1.807, 2.05) is 0 Å². The molecule has 0 unspecified atom stereocenters. The molecular formula is C24H34FN3O3S. The molecule has 0 aromatic heterocycles. The van der Waals surface area contributed by atoms with Crippen LogP contribution in [0.15, 0.2) is 29.2 Å². The Labute approximate surface area is 190 Å². The van der Waals surface area contributed by atoms with Crippen molar-refractivity contribution in [2.45, 2.75) is 62.3 Å². The number of nitrogens with zero attached hydrogens (tertiary/aromatic N) is 3.